The monoisotopic (exact) mass is 561 g/mol. The topological polar surface area (TPSA) is 65.5 Å². The van der Waals surface area contributed by atoms with Gasteiger partial charge < -0.3 is 0 Å². The minimum absolute atomic E-state index is 0.744. The summed E-state index contributed by atoms with van der Waals surface area (Å²) in [5.41, 5.74) is 6.83. The normalized spacial score (nSPS) is 12.2. The number of hydrogen-bond acceptors (Lipinski definition) is 7. The molecule has 0 unspecified atom stereocenters. The molecule has 2 aromatic heterocycles. The van der Waals surface area contributed by atoms with Gasteiger partial charge in [-0.25, -0.2) is 13.3 Å². The largest absolute Gasteiger partial charge is 0.256 e. The Kier molecular flexibility index (Phi) is 7.44. The van der Waals surface area contributed by atoms with Crippen molar-refractivity contribution in [2.75, 3.05) is 13.4 Å². The van der Waals surface area contributed by atoms with E-state index < -0.39 is 14.6 Å². The molecule has 3 aromatic carbocycles. The molecule has 5 nitrogen and oxygen atoms in total. The van der Waals surface area contributed by atoms with E-state index in [1.807, 2.05) is 42.5 Å². The first-order valence-corrected chi connectivity index (χ1v) is 15.5. The molecule has 0 aliphatic carbocycles. The summed E-state index contributed by atoms with van der Waals surface area (Å²) in [5.74, 6) is 0. The minimum atomic E-state index is -3.35. The van der Waals surface area contributed by atoms with Crippen LogP contribution in [0.5, 0.6) is 0 Å². The molecule has 5 rings (SSSR count). The summed E-state index contributed by atoms with van der Waals surface area (Å²) in [5, 5.41) is 3.01. The van der Waals surface area contributed by atoms with E-state index in [-0.39, 0.29) is 0 Å². The van der Waals surface area contributed by atoms with Gasteiger partial charge in [0.1, 0.15) is 0 Å². The van der Waals surface area contributed by atoms with Gasteiger partial charge in [0.15, 0.2) is 9.84 Å². The maximum atomic E-state index is 12.7. The highest BCUT2D eigenvalue weighted by molar-refractivity contribution is 7.94. The van der Waals surface area contributed by atoms with Crippen molar-refractivity contribution in [3.05, 3.63) is 96.0 Å². The number of hydrogen-bond donors (Lipinski definition) is 0. The van der Waals surface area contributed by atoms with Crippen LogP contribution < -0.4 is 0 Å². The lowest BCUT2D eigenvalue weighted by molar-refractivity contribution is -0.160. The summed E-state index contributed by atoms with van der Waals surface area (Å²) < 4.78 is 29.2. The van der Waals surface area contributed by atoms with Crippen molar-refractivity contribution in [3.8, 4) is 32.7 Å². The van der Waals surface area contributed by atoms with Gasteiger partial charge in [-0.1, -0.05) is 36.4 Å². The van der Waals surface area contributed by atoms with Gasteiger partial charge in [-0.3, -0.25) is 4.98 Å². The third-order valence-electron chi connectivity index (χ3n) is 6.79. The Morgan fingerprint density at radius 3 is 2.37 bits per heavy atom. The van der Waals surface area contributed by atoms with Gasteiger partial charge in [0.05, 0.1) is 29.4 Å². The predicted molar refractivity (Wildman–Crippen MR) is 158 cm³/mol. The van der Waals surface area contributed by atoms with Crippen molar-refractivity contribution in [2.45, 2.75) is 23.5 Å². The summed E-state index contributed by atoms with van der Waals surface area (Å²) in [6.07, 6.45) is 3.06. The second-order valence-corrected chi connectivity index (χ2v) is 13.7. The Hall–Kier alpha value is -3.01. The summed E-state index contributed by atoms with van der Waals surface area (Å²) in [6.45, 7) is 3.51. The van der Waals surface area contributed by atoms with Crippen LogP contribution in [-0.2, 0) is 23.8 Å². The maximum absolute atomic E-state index is 12.7. The number of aromatic nitrogens is 1. The van der Waals surface area contributed by atoms with Crippen LogP contribution in [0.1, 0.15) is 19.4 Å². The lowest BCUT2D eigenvalue weighted by atomic mass is 9.92. The molecule has 0 atom stereocenters. The first-order chi connectivity index (χ1) is 18.2. The van der Waals surface area contributed by atoms with Crippen molar-refractivity contribution < 1.29 is 17.6 Å². The zero-order chi connectivity index (χ0) is 26.9. The number of nitrogens with zero attached hydrogens (tertiary/aromatic N) is 1. The van der Waals surface area contributed by atoms with Crippen LogP contribution in [0.3, 0.4) is 0 Å². The van der Waals surface area contributed by atoms with Crippen LogP contribution in [0.25, 0.3) is 43.6 Å². The number of sulfone groups is 1. The fraction of sp³-hybridized carbons (Fsp3) is 0.167. The number of pyridine rings is 1. The van der Waals surface area contributed by atoms with Crippen LogP contribution in [0, 0.1) is 0 Å². The predicted octanol–water partition coefficient (Wildman–Crippen LogP) is 8.16. The molecule has 0 saturated heterocycles. The second-order valence-electron chi connectivity index (χ2n) is 9.47. The molecule has 0 aliphatic rings. The first-order valence-electron chi connectivity index (χ1n) is 11.9. The highest BCUT2D eigenvalue weighted by atomic mass is 32.2. The van der Waals surface area contributed by atoms with E-state index >= 15 is 0 Å². The van der Waals surface area contributed by atoms with Crippen molar-refractivity contribution >= 4 is 44.1 Å². The number of fused-ring (bicyclic) bond motifs is 1. The average molecular weight is 562 g/mol. The molecule has 38 heavy (non-hydrogen) atoms. The van der Waals surface area contributed by atoms with E-state index in [1.165, 1.54) is 25.4 Å². The molecular weight excluding hydrogens is 535 g/mol. The molecule has 0 bridgehead atoms. The van der Waals surface area contributed by atoms with Gasteiger partial charge in [0.2, 0.25) is 0 Å². The molecular formula is C30H27NO4S3. The second kappa shape index (κ2) is 10.6. The van der Waals surface area contributed by atoms with Crippen LogP contribution in [0.15, 0.2) is 95.3 Å². The van der Waals surface area contributed by atoms with Crippen molar-refractivity contribution in [3.63, 3.8) is 0 Å². The average Bonchev–Trinajstić information content (AvgIpc) is 3.41. The number of benzene rings is 3. The fourth-order valence-corrected chi connectivity index (χ4v) is 6.18. The highest BCUT2D eigenvalue weighted by Gasteiger charge is 2.33. The summed E-state index contributed by atoms with van der Waals surface area (Å²) >= 11 is 2.86. The van der Waals surface area contributed by atoms with Crippen LogP contribution >= 0.6 is 23.4 Å². The number of rotatable bonds is 8. The van der Waals surface area contributed by atoms with Crippen molar-refractivity contribution in [1.29, 1.82) is 0 Å². The molecule has 2 heterocycles. The Labute approximate surface area is 231 Å². The Balaban J connectivity index is 1.60. The minimum Gasteiger partial charge on any atom is -0.256 e. The molecule has 0 spiro atoms. The zero-order valence-electron chi connectivity index (χ0n) is 21.5. The standard InChI is InChI=1S/C30H27NO4S3/c1-30(2,38(4,32)33)24-18-22-9-6-15-31-28(22)27(19-24)21-7-5-8-23(17-21)29-26(14-16-36-29)20-10-12-25(13-11-20)37-35-34-3/h5-19H,1-4H3. The van der Waals surface area contributed by atoms with Crippen LogP contribution in [-0.4, -0.2) is 26.8 Å². The van der Waals surface area contributed by atoms with Gasteiger partial charge in [0, 0.05) is 38.7 Å². The van der Waals surface area contributed by atoms with Crippen LogP contribution in [0.4, 0.5) is 0 Å². The quantitative estimate of drug-likeness (QED) is 0.108. The third kappa shape index (κ3) is 5.15. The first kappa shape index (κ1) is 26.6. The molecule has 0 saturated carbocycles. The van der Waals surface area contributed by atoms with E-state index in [2.05, 4.69) is 51.6 Å². The van der Waals surface area contributed by atoms with E-state index in [1.54, 1.807) is 31.4 Å². The van der Waals surface area contributed by atoms with Gasteiger partial charge in [-0.05, 0) is 83.9 Å². The zero-order valence-corrected chi connectivity index (χ0v) is 23.9. The number of thiophene rings is 1. The maximum Gasteiger partial charge on any atom is 0.156 e. The molecule has 0 fully saturated rings. The highest BCUT2D eigenvalue weighted by Crippen LogP contribution is 2.41. The van der Waals surface area contributed by atoms with Gasteiger partial charge >= 0.3 is 0 Å². The molecule has 194 valence electrons. The van der Waals surface area contributed by atoms with Crippen molar-refractivity contribution in [2.24, 2.45) is 0 Å². The molecule has 0 aliphatic heterocycles. The Bertz CT molecular complexity index is 1710. The molecule has 0 radical (unpaired) electrons. The van der Waals surface area contributed by atoms with Gasteiger partial charge in [0.25, 0.3) is 0 Å². The molecule has 0 amide bonds. The lowest BCUT2D eigenvalue weighted by Crippen LogP contribution is -2.28. The smallest absolute Gasteiger partial charge is 0.156 e. The Morgan fingerprint density at radius 2 is 1.63 bits per heavy atom. The van der Waals surface area contributed by atoms with E-state index in [4.69, 9.17) is 4.33 Å². The van der Waals surface area contributed by atoms with Gasteiger partial charge in [-0.2, -0.15) is 4.33 Å². The summed E-state index contributed by atoms with van der Waals surface area (Å²) in [4.78, 5) is 11.4. The van der Waals surface area contributed by atoms with Crippen LogP contribution in [0.2, 0.25) is 0 Å². The molecule has 5 aromatic rings. The third-order valence-corrected chi connectivity index (χ3v) is 10.5. The molecule has 8 heteroatoms. The lowest BCUT2D eigenvalue weighted by Gasteiger charge is -2.24. The van der Waals surface area contributed by atoms with E-state index in [0.29, 0.717) is 0 Å². The summed E-state index contributed by atoms with van der Waals surface area (Å²) in [7, 11) is -1.87. The van der Waals surface area contributed by atoms with E-state index in [0.717, 1.165) is 54.1 Å². The van der Waals surface area contributed by atoms with Crippen molar-refractivity contribution in [1.82, 2.24) is 4.98 Å². The molecule has 0 N–H and O–H groups in total. The van der Waals surface area contributed by atoms with E-state index in [9.17, 15) is 8.42 Å². The van der Waals surface area contributed by atoms with Gasteiger partial charge in [-0.15, -0.1) is 11.3 Å². The SMILES string of the molecule is COOSc1ccc(-c2ccsc2-c2cccc(-c3cc(C(C)(C)S(C)(=O)=O)cc4cccnc34)c2)cc1. The summed E-state index contributed by atoms with van der Waals surface area (Å²) in [6, 6.07) is 26.4. The Morgan fingerprint density at radius 1 is 0.868 bits per heavy atom. The fourth-order valence-electron chi connectivity index (χ4n) is 4.33.